The maximum Gasteiger partial charge on any atom is 0.223 e. The highest BCUT2D eigenvalue weighted by atomic mass is 16.3. The molecule has 3 heteroatoms. The number of hydrogen-bond donors (Lipinski definition) is 2. The number of rotatable bonds is 3. The van der Waals surface area contributed by atoms with Gasteiger partial charge in [0.1, 0.15) is 0 Å². The molecule has 1 saturated carbocycles. The van der Waals surface area contributed by atoms with Crippen LogP contribution in [-0.4, -0.2) is 23.2 Å². The van der Waals surface area contributed by atoms with Crippen molar-refractivity contribution in [2.45, 2.75) is 50.5 Å². The number of aliphatic hydroxyl groups is 1. The molecule has 0 aromatic heterocycles. The molecule has 2 N–H and O–H groups in total. The summed E-state index contributed by atoms with van der Waals surface area (Å²) in [5.74, 6) is 0.389. The van der Waals surface area contributed by atoms with E-state index in [4.69, 9.17) is 5.11 Å². The molecule has 2 fully saturated rings. The fourth-order valence-corrected chi connectivity index (χ4v) is 2.93. The van der Waals surface area contributed by atoms with Crippen molar-refractivity contribution in [1.29, 1.82) is 0 Å². The Balaban J connectivity index is 1.92. The second kappa shape index (κ2) is 3.89. The van der Waals surface area contributed by atoms with E-state index < -0.39 is 0 Å². The van der Waals surface area contributed by atoms with Gasteiger partial charge < -0.3 is 10.4 Å². The first-order valence-corrected chi connectivity index (χ1v) is 5.69. The van der Waals surface area contributed by atoms with Gasteiger partial charge in [0.25, 0.3) is 0 Å². The van der Waals surface area contributed by atoms with Crippen LogP contribution in [0, 0.1) is 5.92 Å². The average Bonchev–Trinajstić information content (AvgIpc) is 2.72. The number of carbonyl (C=O) groups is 1. The molecule has 2 aliphatic rings. The highest BCUT2D eigenvalue weighted by molar-refractivity contribution is 5.82. The Labute approximate surface area is 84.9 Å². The minimum absolute atomic E-state index is 0.150. The lowest BCUT2D eigenvalue weighted by atomic mass is 9.89. The third kappa shape index (κ3) is 1.78. The predicted octanol–water partition coefficient (Wildman–Crippen LogP) is 1.21. The minimum atomic E-state index is 0.150. The zero-order valence-corrected chi connectivity index (χ0v) is 8.59. The van der Waals surface area contributed by atoms with E-state index in [1.165, 1.54) is 12.8 Å². The number of nitrogens with one attached hydrogen (secondary N) is 1. The van der Waals surface area contributed by atoms with Crippen LogP contribution in [-0.2, 0) is 4.79 Å². The van der Waals surface area contributed by atoms with Gasteiger partial charge in [-0.3, -0.25) is 4.79 Å². The number of aliphatic hydroxyl groups excluding tert-OH is 1. The van der Waals surface area contributed by atoms with Crippen molar-refractivity contribution in [2.75, 3.05) is 6.61 Å². The Morgan fingerprint density at radius 1 is 1.43 bits per heavy atom. The third-order valence-corrected chi connectivity index (χ3v) is 3.67. The van der Waals surface area contributed by atoms with Gasteiger partial charge >= 0.3 is 0 Å². The smallest absolute Gasteiger partial charge is 0.223 e. The second-order valence-electron chi connectivity index (χ2n) is 4.74. The molecule has 1 saturated heterocycles. The van der Waals surface area contributed by atoms with Gasteiger partial charge in [0.2, 0.25) is 5.91 Å². The molecule has 1 heterocycles. The highest BCUT2D eigenvalue weighted by Gasteiger charge is 2.44. The molecule has 3 nitrogen and oxygen atoms in total. The zero-order valence-electron chi connectivity index (χ0n) is 8.59. The zero-order chi connectivity index (χ0) is 10.0. The molecule has 0 bridgehead atoms. The van der Waals surface area contributed by atoms with E-state index in [0.29, 0.717) is 0 Å². The van der Waals surface area contributed by atoms with Crippen molar-refractivity contribution >= 4 is 5.91 Å². The summed E-state index contributed by atoms with van der Waals surface area (Å²) in [6.07, 6.45) is 7.45. The van der Waals surface area contributed by atoms with Gasteiger partial charge in [-0.2, -0.15) is 0 Å². The van der Waals surface area contributed by atoms with E-state index in [1.54, 1.807) is 0 Å². The van der Waals surface area contributed by atoms with Gasteiger partial charge in [-0.05, 0) is 32.1 Å². The standard InChI is InChI=1S/C11H19NO2/c13-7-3-4-9-8-11(12-10(9)14)5-1-2-6-11/h9,13H,1-8H2,(H,12,14). The molecular formula is C11H19NO2. The Morgan fingerprint density at radius 2 is 2.14 bits per heavy atom. The van der Waals surface area contributed by atoms with Crippen LogP contribution in [0.5, 0.6) is 0 Å². The Morgan fingerprint density at radius 3 is 2.79 bits per heavy atom. The molecule has 1 amide bonds. The van der Waals surface area contributed by atoms with Crippen LogP contribution in [0.3, 0.4) is 0 Å². The Hall–Kier alpha value is -0.570. The van der Waals surface area contributed by atoms with Crippen molar-refractivity contribution in [2.24, 2.45) is 5.92 Å². The summed E-state index contributed by atoms with van der Waals surface area (Å²) in [7, 11) is 0. The number of amides is 1. The molecule has 1 aliphatic heterocycles. The molecule has 1 atom stereocenters. The van der Waals surface area contributed by atoms with E-state index in [2.05, 4.69) is 5.32 Å². The molecule has 1 spiro atoms. The largest absolute Gasteiger partial charge is 0.396 e. The molecule has 14 heavy (non-hydrogen) atoms. The van der Waals surface area contributed by atoms with Gasteiger partial charge in [0.15, 0.2) is 0 Å². The van der Waals surface area contributed by atoms with E-state index in [0.717, 1.165) is 32.1 Å². The van der Waals surface area contributed by atoms with Crippen LogP contribution in [0.4, 0.5) is 0 Å². The first-order chi connectivity index (χ1) is 6.76. The fraction of sp³-hybridized carbons (Fsp3) is 0.909. The van der Waals surface area contributed by atoms with Gasteiger partial charge in [-0.25, -0.2) is 0 Å². The first-order valence-electron chi connectivity index (χ1n) is 5.69. The number of carbonyl (C=O) groups excluding carboxylic acids is 1. The lowest BCUT2D eigenvalue weighted by molar-refractivity contribution is -0.123. The molecule has 0 aromatic rings. The molecule has 80 valence electrons. The van der Waals surface area contributed by atoms with Crippen LogP contribution in [0.2, 0.25) is 0 Å². The van der Waals surface area contributed by atoms with Crippen molar-refractivity contribution in [3.05, 3.63) is 0 Å². The van der Waals surface area contributed by atoms with Crippen molar-refractivity contribution in [1.82, 2.24) is 5.32 Å². The first kappa shape index (κ1) is 9.97. The summed E-state index contributed by atoms with van der Waals surface area (Å²) >= 11 is 0. The SMILES string of the molecule is O=C1NC2(CCCC2)CC1CCCO. The lowest BCUT2D eigenvalue weighted by Crippen LogP contribution is -2.38. The van der Waals surface area contributed by atoms with Crippen molar-refractivity contribution < 1.29 is 9.90 Å². The van der Waals surface area contributed by atoms with Gasteiger partial charge in [0.05, 0.1) is 0 Å². The maximum atomic E-state index is 11.6. The van der Waals surface area contributed by atoms with Gasteiger partial charge in [0, 0.05) is 18.1 Å². The predicted molar refractivity (Wildman–Crippen MR) is 53.8 cm³/mol. The quantitative estimate of drug-likeness (QED) is 0.714. The Kier molecular flexibility index (Phi) is 2.77. The third-order valence-electron chi connectivity index (χ3n) is 3.67. The molecule has 2 rings (SSSR count). The van der Waals surface area contributed by atoms with Crippen molar-refractivity contribution in [3.8, 4) is 0 Å². The van der Waals surface area contributed by atoms with Crippen LogP contribution >= 0.6 is 0 Å². The monoisotopic (exact) mass is 197 g/mol. The summed E-state index contributed by atoms with van der Waals surface area (Å²) in [6.45, 7) is 0.205. The lowest BCUT2D eigenvalue weighted by Gasteiger charge is -2.22. The van der Waals surface area contributed by atoms with Crippen LogP contribution in [0.15, 0.2) is 0 Å². The summed E-state index contributed by atoms with van der Waals surface area (Å²) in [5, 5.41) is 11.9. The summed E-state index contributed by atoms with van der Waals surface area (Å²) in [4.78, 5) is 11.6. The normalized spacial score (nSPS) is 29.8. The average molecular weight is 197 g/mol. The summed E-state index contributed by atoms with van der Waals surface area (Å²) in [6, 6.07) is 0. The fourth-order valence-electron chi connectivity index (χ4n) is 2.93. The van der Waals surface area contributed by atoms with E-state index >= 15 is 0 Å². The maximum absolute atomic E-state index is 11.6. The molecule has 0 radical (unpaired) electrons. The summed E-state index contributed by atoms with van der Waals surface area (Å²) in [5.41, 5.74) is 0.150. The molecular weight excluding hydrogens is 178 g/mol. The summed E-state index contributed by atoms with van der Waals surface area (Å²) < 4.78 is 0. The van der Waals surface area contributed by atoms with Crippen LogP contribution in [0.25, 0.3) is 0 Å². The second-order valence-corrected chi connectivity index (χ2v) is 4.74. The topological polar surface area (TPSA) is 49.3 Å². The Bertz CT molecular complexity index is 221. The van der Waals surface area contributed by atoms with Crippen molar-refractivity contribution in [3.63, 3.8) is 0 Å². The highest BCUT2D eigenvalue weighted by Crippen LogP contribution is 2.40. The van der Waals surface area contributed by atoms with E-state index in [-0.39, 0.29) is 24.0 Å². The molecule has 1 unspecified atom stereocenters. The van der Waals surface area contributed by atoms with Gasteiger partial charge in [-0.15, -0.1) is 0 Å². The minimum Gasteiger partial charge on any atom is -0.396 e. The van der Waals surface area contributed by atoms with Crippen LogP contribution < -0.4 is 5.32 Å². The van der Waals surface area contributed by atoms with E-state index in [9.17, 15) is 4.79 Å². The number of hydrogen-bond acceptors (Lipinski definition) is 2. The van der Waals surface area contributed by atoms with Gasteiger partial charge in [-0.1, -0.05) is 12.8 Å². The van der Waals surface area contributed by atoms with E-state index in [1.807, 2.05) is 0 Å². The van der Waals surface area contributed by atoms with Crippen LogP contribution in [0.1, 0.15) is 44.9 Å². The molecule has 0 aromatic carbocycles. The molecule has 1 aliphatic carbocycles.